The van der Waals surface area contributed by atoms with Crippen LogP contribution in [0.25, 0.3) is 0 Å². The first-order valence-electron chi connectivity index (χ1n) is 9.08. The van der Waals surface area contributed by atoms with E-state index in [9.17, 15) is 4.79 Å². The van der Waals surface area contributed by atoms with Crippen molar-refractivity contribution < 1.29 is 14.3 Å². The van der Waals surface area contributed by atoms with Gasteiger partial charge in [-0.15, -0.1) is 11.3 Å². The molecule has 1 aromatic carbocycles. The molecule has 2 aromatic rings. The second kappa shape index (κ2) is 9.59. The van der Waals surface area contributed by atoms with Crippen molar-refractivity contribution in [1.29, 1.82) is 0 Å². The molecule has 1 aliphatic heterocycles. The minimum atomic E-state index is -0.116. The number of amides is 1. The lowest BCUT2D eigenvalue weighted by atomic mass is 10.1. The number of hydrogen-bond donors (Lipinski definition) is 1. The zero-order valence-corrected chi connectivity index (χ0v) is 16.0. The molecule has 0 aliphatic carbocycles. The molecule has 0 radical (unpaired) electrons. The summed E-state index contributed by atoms with van der Waals surface area (Å²) >= 11 is 1.75. The molecule has 6 heteroatoms. The van der Waals surface area contributed by atoms with E-state index in [2.05, 4.69) is 27.7 Å². The average molecular weight is 375 g/mol. The van der Waals surface area contributed by atoms with Crippen LogP contribution in [-0.4, -0.2) is 44.2 Å². The third-order valence-corrected chi connectivity index (χ3v) is 5.60. The number of benzene rings is 1. The highest BCUT2D eigenvalue weighted by Gasteiger charge is 2.23. The van der Waals surface area contributed by atoms with Gasteiger partial charge >= 0.3 is 0 Å². The minimum Gasteiger partial charge on any atom is -0.493 e. The maximum Gasteiger partial charge on any atom is 0.258 e. The fourth-order valence-corrected chi connectivity index (χ4v) is 4.12. The number of likely N-dealkylation sites (tertiary alicyclic amines) is 1. The van der Waals surface area contributed by atoms with Crippen molar-refractivity contribution >= 4 is 17.2 Å². The Morgan fingerprint density at radius 3 is 2.62 bits per heavy atom. The second-order valence-corrected chi connectivity index (χ2v) is 7.35. The summed E-state index contributed by atoms with van der Waals surface area (Å²) in [5.41, 5.74) is 0. The van der Waals surface area contributed by atoms with Crippen LogP contribution in [0.3, 0.4) is 0 Å². The molecule has 0 spiro atoms. The fraction of sp³-hybridized carbons (Fsp3) is 0.450. The summed E-state index contributed by atoms with van der Waals surface area (Å²) in [6.07, 6.45) is 3.76. The molecule has 2 heterocycles. The zero-order chi connectivity index (χ0) is 18.2. The zero-order valence-electron chi connectivity index (χ0n) is 15.1. The van der Waals surface area contributed by atoms with E-state index in [1.54, 1.807) is 24.5 Å². The van der Waals surface area contributed by atoms with Gasteiger partial charge in [0.25, 0.3) is 5.91 Å². The molecule has 1 fully saturated rings. The molecule has 0 bridgehead atoms. The van der Waals surface area contributed by atoms with Crippen LogP contribution in [0.2, 0.25) is 0 Å². The third-order valence-electron chi connectivity index (χ3n) is 4.62. The standard InChI is InChI=1S/C20H26N2O3S/c1-24-17-8-3-4-9-18(17)25-15-20(23)21-14-16(19-10-7-13-26-19)22-11-5-2-6-12-22/h3-4,7-10,13,16H,2,5-6,11-12,14-15H2,1H3,(H,21,23). The number of nitrogens with one attached hydrogen (secondary N) is 1. The first kappa shape index (κ1) is 18.7. The number of methoxy groups -OCH3 is 1. The van der Waals surface area contributed by atoms with Gasteiger partial charge in [-0.25, -0.2) is 0 Å². The smallest absolute Gasteiger partial charge is 0.258 e. The average Bonchev–Trinajstić information content (AvgIpc) is 3.22. The molecular formula is C20H26N2O3S. The van der Waals surface area contributed by atoms with Gasteiger partial charge in [-0.2, -0.15) is 0 Å². The number of piperidine rings is 1. The van der Waals surface area contributed by atoms with E-state index in [4.69, 9.17) is 9.47 Å². The third kappa shape index (κ3) is 4.99. The van der Waals surface area contributed by atoms with E-state index >= 15 is 0 Å². The van der Waals surface area contributed by atoms with Gasteiger partial charge in [-0.3, -0.25) is 9.69 Å². The minimum absolute atomic E-state index is 0.0163. The molecule has 1 saturated heterocycles. The predicted octanol–water partition coefficient (Wildman–Crippen LogP) is 3.48. The van der Waals surface area contributed by atoms with Crippen molar-refractivity contribution in [3.8, 4) is 11.5 Å². The highest BCUT2D eigenvalue weighted by Crippen LogP contribution is 2.28. The number of para-hydroxylation sites is 2. The molecule has 1 aromatic heterocycles. The highest BCUT2D eigenvalue weighted by atomic mass is 32.1. The fourth-order valence-electron chi connectivity index (χ4n) is 3.26. The second-order valence-electron chi connectivity index (χ2n) is 6.37. The summed E-state index contributed by atoms with van der Waals surface area (Å²) in [6.45, 7) is 2.78. The number of thiophene rings is 1. The number of nitrogens with zero attached hydrogens (tertiary/aromatic N) is 1. The molecule has 1 atom stereocenters. The van der Waals surface area contributed by atoms with E-state index in [0.29, 0.717) is 18.0 Å². The van der Waals surface area contributed by atoms with Crippen LogP contribution in [0.1, 0.15) is 30.2 Å². The van der Waals surface area contributed by atoms with Gasteiger partial charge in [0, 0.05) is 11.4 Å². The topological polar surface area (TPSA) is 50.8 Å². The summed E-state index contributed by atoms with van der Waals surface area (Å²) in [6, 6.07) is 11.8. The largest absolute Gasteiger partial charge is 0.493 e. The van der Waals surface area contributed by atoms with Gasteiger partial charge in [0.2, 0.25) is 0 Å². The Bertz CT molecular complexity index is 684. The number of rotatable bonds is 8. The van der Waals surface area contributed by atoms with E-state index < -0.39 is 0 Å². The number of carbonyl (C=O) groups is 1. The van der Waals surface area contributed by atoms with Gasteiger partial charge in [-0.1, -0.05) is 24.6 Å². The predicted molar refractivity (Wildman–Crippen MR) is 104 cm³/mol. The van der Waals surface area contributed by atoms with Crippen LogP contribution in [0, 0.1) is 0 Å². The van der Waals surface area contributed by atoms with Crippen molar-refractivity contribution in [1.82, 2.24) is 10.2 Å². The van der Waals surface area contributed by atoms with Crippen LogP contribution in [-0.2, 0) is 4.79 Å². The summed E-state index contributed by atoms with van der Waals surface area (Å²) < 4.78 is 10.9. The van der Waals surface area contributed by atoms with E-state index in [-0.39, 0.29) is 18.6 Å². The summed E-state index contributed by atoms with van der Waals surface area (Å²) in [7, 11) is 1.59. The molecular weight excluding hydrogens is 348 g/mol. The van der Waals surface area contributed by atoms with Crippen molar-refractivity contribution in [3.63, 3.8) is 0 Å². The lowest BCUT2D eigenvalue weighted by molar-refractivity contribution is -0.123. The van der Waals surface area contributed by atoms with E-state index in [0.717, 1.165) is 13.1 Å². The number of ether oxygens (including phenoxy) is 2. The maximum atomic E-state index is 12.3. The molecule has 1 amide bonds. The monoisotopic (exact) mass is 374 g/mol. The Hall–Kier alpha value is -2.05. The Balaban J connectivity index is 1.54. The number of hydrogen-bond acceptors (Lipinski definition) is 5. The van der Waals surface area contributed by atoms with Crippen molar-refractivity contribution in [2.45, 2.75) is 25.3 Å². The van der Waals surface area contributed by atoms with Crippen LogP contribution in [0.4, 0.5) is 0 Å². The maximum absolute atomic E-state index is 12.3. The molecule has 0 saturated carbocycles. The molecule has 140 valence electrons. The van der Waals surface area contributed by atoms with Gasteiger partial charge in [0.05, 0.1) is 13.2 Å². The highest BCUT2D eigenvalue weighted by molar-refractivity contribution is 7.10. The molecule has 1 N–H and O–H groups in total. The quantitative estimate of drug-likeness (QED) is 0.769. The SMILES string of the molecule is COc1ccccc1OCC(=O)NCC(c1cccs1)N1CCCCC1. The first-order chi connectivity index (χ1) is 12.8. The summed E-state index contributed by atoms with van der Waals surface area (Å²) in [4.78, 5) is 16.1. The van der Waals surface area contributed by atoms with Gasteiger partial charge in [0.15, 0.2) is 18.1 Å². The molecule has 5 nitrogen and oxygen atoms in total. The Morgan fingerprint density at radius 1 is 1.15 bits per heavy atom. The lowest BCUT2D eigenvalue weighted by Gasteiger charge is -2.34. The van der Waals surface area contributed by atoms with Gasteiger partial charge in [-0.05, 0) is 49.5 Å². The lowest BCUT2D eigenvalue weighted by Crippen LogP contribution is -2.41. The molecule has 26 heavy (non-hydrogen) atoms. The van der Waals surface area contributed by atoms with Crippen LogP contribution in [0.15, 0.2) is 41.8 Å². The molecule has 1 aliphatic rings. The molecule has 1 unspecified atom stereocenters. The van der Waals surface area contributed by atoms with Crippen LogP contribution in [0.5, 0.6) is 11.5 Å². The first-order valence-corrected chi connectivity index (χ1v) is 9.96. The Morgan fingerprint density at radius 2 is 1.92 bits per heavy atom. The summed E-state index contributed by atoms with van der Waals surface area (Å²) in [5.74, 6) is 1.09. The normalized spacial score (nSPS) is 16.0. The van der Waals surface area contributed by atoms with Gasteiger partial charge in [0.1, 0.15) is 0 Å². The van der Waals surface area contributed by atoms with Crippen molar-refractivity contribution in [2.24, 2.45) is 0 Å². The van der Waals surface area contributed by atoms with E-state index in [1.165, 1.54) is 24.1 Å². The van der Waals surface area contributed by atoms with E-state index in [1.807, 2.05) is 18.2 Å². The van der Waals surface area contributed by atoms with Crippen molar-refractivity contribution in [2.75, 3.05) is 33.4 Å². The number of carbonyl (C=O) groups excluding carboxylic acids is 1. The van der Waals surface area contributed by atoms with Crippen LogP contribution < -0.4 is 14.8 Å². The van der Waals surface area contributed by atoms with Gasteiger partial charge < -0.3 is 14.8 Å². The molecule has 3 rings (SSSR count). The Kier molecular flexibility index (Phi) is 6.91. The van der Waals surface area contributed by atoms with Crippen LogP contribution >= 0.6 is 11.3 Å². The Labute approximate surface area is 158 Å². The summed E-state index contributed by atoms with van der Waals surface area (Å²) in [5, 5.41) is 5.13. The van der Waals surface area contributed by atoms with Crippen molar-refractivity contribution in [3.05, 3.63) is 46.7 Å².